The maximum atomic E-state index is 12.4. The lowest BCUT2D eigenvalue weighted by molar-refractivity contribution is 0.0950. The highest BCUT2D eigenvalue weighted by molar-refractivity contribution is 5.94. The van der Waals surface area contributed by atoms with Crippen LogP contribution in [0.4, 0.5) is 0 Å². The van der Waals surface area contributed by atoms with E-state index >= 15 is 0 Å². The van der Waals surface area contributed by atoms with E-state index in [-0.39, 0.29) is 5.91 Å². The molecular formula is C23H22N6O2. The molecule has 4 aromatic rings. The topological polar surface area (TPSA) is 97.2 Å². The highest BCUT2D eigenvalue weighted by atomic mass is 16.5. The second-order valence-electron chi connectivity index (χ2n) is 6.93. The standard InChI is InChI=1S/C23H22N6O2/c1-15-22(16(2)29(28-15)18-7-5-4-6-8-18)20-13-21(26-25-20)23(30)27-24-14-17-9-11-19(31-3)12-10-17/h4-14H,1-3H3,(H,25,26)(H,27,30). The molecule has 31 heavy (non-hydrogen) atoms. The molecule has 2 heterocycles. The molecule has 0 unspecified atom stereocenters. The molecule has 0 saturated heterocycles. The quantitative estimate of drug-likeness (QED) is 0.372. The average Bonchev–Trinajstić information content (AvgIpc) is 3.39. The van der Waals surface area contributed by atoms with E-state index in [1.165, 1.54) is 0 Å². The molecule has 0 aliphatic heterocycles. The number of hydrazone groups is 1. The van der Waals surface area contributed by atoms with Crippen LogP contribution in [0.3, 0.4) is 0 Å². The Hall–Kier alpha value is -4.20. The van der Waals surface area contributed by atoms with Crippen LogP contribution in [0.15, 0.2) is 65.8 Å². The Morgan fingerprint density at radius 3 is 2.58 bits per heavy atom. The Bertz CT molecular complexity index is 1220. The first-order chi connectivity index (χ1) is 15.1. The van der Waals surface area contributed by atoms with Crippen molar-refractivity contribution in [2.75, 3.05) is 7.11 Å². The van der Waals surface area contributed by atoms with Gasteiger partial charge in [0.2, 0.25) is 0 Å². The minimum atomic E-state index is -0.380. The molecule has 0 aliphatic carbocycles. The van der Waals surface area contributed by atoms with Crippen molar-refractivity contribution in [1.29, 1.82) is 0 Å². The molecular weight excluding hydrogens is 392 g/mol. The van der Waals surface area contributed by atoms with E-state index in [0.717, 1.165) is 34.0 Å². The number of nitrogens with zero attached hydrogens (tertiary/aromatic N) is 4. The van der Waals surface area contributed by atoms with Crippen LogP contribution in [-0.4, -0.2) is 39.2 Å². The number of amides is 1. The van der Waals surface area contributed by atoms with Gasteiger partial charge in [0.05, 0.1) is 36.1 Å². The number of hydrogen-bond acceptors (Lipinski definition) is 5. The van der Waals surface area contributed by atoms with Crippen LogP contribution in [-0.2, 0) is 0 Å². The van der Waals surface area contributed by atoms with Crippen molar-refractivity contribution in [3.8, 4) is 22.7 Å². The number of ether oxygens (including phenoxy) is 1. The number of hydrogen-bond donors (Lipinski definition) is 2. The van der Waals surface area contributed by atoms with Crippen molar-refractivity contribution in [2.24, 2.45) is 5.10 Å². The number of methoxy groups -OCH3 is 1. The fraction of sp³-hybridized carbons (Fsp3) is 0.130. The largest absolute Gasteiger partial charge is 0.497 e. The van der Waals surface area contributed by atoms with Crippen LogP contribution in [0.5, 0.6) is 5.75 Å². The number of H-pyrrole nitrogens is 1. The van der Waals surface area contributed by atoms with Gasteiger partial charge in [0, 0.05) is 5.56 Å². The third-order valence-electron chi connectivity index (χ3n) is 4.87. The van der Waals surface area contributed by atoms with Crippen molar-refractivity contribution in [1.82, 2.24) is 25.4 Å². The van der Waals surface area contributed by atoms with Crippen molar-refractivity contribution in [3.63, 3.8) is 0 Å². The van der Waals surface area contributed by atoms with Gasteiger partial charge in [-0.2, -0.15) is 15.3 Å². The Kier molecular flexibility index (Phi) is 5.61. The smallest absolute Gasteiger partial charge is 0.289 e. The number of carbonyl (C=O) groups excluding carboxylic acids is 1. The number of aromatic amines is 1. The van der Waals surface area contributed by atoms with E-state index in [9.17, 15) is 4.79 Å². The molecule has 8 heteroatoms. The minimum absolute atomic E-state index is 0.313. The predicted molar refractivity (Wildman–Crippen MR) is 119 cm³/mol. The molecule has 1 amide bonds. The van der Waals surface area contributed by atoms with Crippen molar-refractivity contribution < 1.29 is 9.53 Å². The number of para-hydroxylation sites is 1. The van der Waals surface area contributed by atoms with E-state index < -0.39 is 0 Å². The van der Waals surface area contributed by atoms with Crippen LogP contribution in [0, 0.1) is 13.8 Å². The second-order valence-corrected chi connectivity index (χ2v) is 6.93. The Balaban J connectivity index is 1.50. The lowest BCUT2D eigenvalue weighted by Crippen LogP contribution is -2.17. The van der Waals surface area contributed by atoms with Crippen LogP contribution in [0.1, 0.15) is 27.4 Å². The van der Waals surface area contributed by atoms with Crippen LogP contribution >= 0.6 is 0 Å². The molecule has 0 saturated carbocycles. The maximum Gasteiger partial charge on any atom is 0.289 e. The minimum Gasteiger partial charge on any atom is -0.497 e. The summed E-state index contributed by atoms with van der Waals surface area (Å²) >= 11 is 0. The van der Waals surface area contributed by atoms with Gasteiger partial charge in [-0.15, -0.1) is 0 Å². The number of aromatic nitrogens is 4. The summed E-state index contributed by atoms with van der Waals surface area (Å²) in [6.45, 7) is 3.91. The SMILES string of the molecule is COc1ccc(C=NNC(=O)c2cc(-c3c(C)nn(-c4ccccc4)c3C)n[nH]2)cc1. The first-order valence-electron chi connectivity index (χ1n) is 9.71. The summed E-state index contributed by atoms with van der Waals surface area (Å²) in [5.41, 5.74) is 7.95. The number of rotatable bonds is 6. The van der Waals surface area contributed by atoms with Gasteiger partial charge in [-0.1, -0.05) is 18.2 Å². The number of aryl methyl sites for hydroxylation is 1. The molecule has 0 fully saturated rings. The zero-order valence-corrected chi connectivity index (χ0v) is 17.5. The summed E-state index contributed by atoms with van der Waals surface area (Å²) in [4.78, 5) is 12.4. The fourth-order valence-electron chi connectivity index (χ4n) is 3.32. The molecule has 0 spiro atoms. The van der Waals surface area contributed by atoms with Gasteiger partial charge in [0.1, 0.15) is 11.4 Å². The van der Waals surface area contributed by atoms with Gasteiger partial charge in [-0.25, -0.2) is 10.1 Å². The Morgan fingerprint density at radius 2 is 1.87 bits per heavy atom. The number of carbonyl (C=O) groups is 1. The monoisotopic (exact) mass is 414 g/mol. The molecule has 2 aromatic heterocycles. The number of nitrogens with one attached hydrogen (secondary N) is 2. The molecule has 2 aromatic carbocycles. The van der Waals surface area contributed by atoms with Gasteiger partial charge >= 0.3 is 0 Å². The van der Waals surface area contributed by atoms with Crippen LogP contribution < -0.4 is 10.2 Å². The molecule has 0 radical (unpaired) electrons. The van der Waals surface area contributed by atoms with Gasteiger partial charge in [-0.05, 0) is 61.9 Å². The Morgan fingerprint density at radius 1 is 1.13 bits per heavy atom. The summed E-state index contributed by atoms with van der Waals surface area (Å²) < 4.78 is 6.99. The van der Waals surface area contributed by atoms with Crippen molar-refractivity contribution in [3.05, 3.63) is 83.3 Å². The molecule has 8 nitrogen and oxygen atoms in total. The highest BCUT2D eigenvalue weighted by Gasteiger charge is 2.18. The highest BCUT2D eigenvalue weighted by Crippen LogP contribution is 2.27. The van der Waals surface area contributed by atoms with E-state index in [1.54, 1.807) is 19.4 Å². The fourth-order valence-corrected chi connectivity index (χ4v) is 3.32. The van der Waals surface area contributed by atoms with E-state index in [1.807, 2.05) is 73.1 Å². The first-order valence-corrected chi connectivity index (χ1v) is 9.71. The van der Waals surface area contributed by atoms with Gasteiger partial charge in [-0.3, -0.25) is 9.89 Å². The van der Waals surface area contributed by atoms with Crippen LogP contribution in [0.25, 0.3) is 16.9 Å². The van der Waals surface area contributed by atoms with E-state index in [0.29, 0.717) is 11.4 Å². The molecule has 0 bridgehead atoms. The Labute approximate surface area is 179 Å². The number of benzene rings is 2. The third kappa shape index (κ3) is 4.23. The molecule has 2 N–H and O–H groups in total. The summed E-state index contributed by atoms with van der Waals surface area (Å²) in [6, 6.07) is 18.9. The van der Waals surface area contributed by atoms with Crippen LogP contribution in [0.2, 0.25) is 0 Å². The lowest BCUT2D eigenvalue weighted by atomic mass is 10.1. The summed E-state index contributed by atoms with van der Waals surface area (Å²) in [5.74, 6) is 0.376. The molecule has 0 atom stereocenters. The lowest BCUT2D eigenvalue weighted by Gasteiger charge is -2.04. The molecule has 4 rings (SSSR count). The van der Waals surface area contributed by atoms with Gasteiger partial charge < -0.3 is 4.74 Å². The average molecular weight is 414 g/mol. The van der Waals surface area contributed by atoms with E-state index in [2.05, 4.69) is 25.8 Å². The van der Waals surface area contributed by atoms with Gasteiger partial charge in [0.25, 0.3) is 5.91 Å². The predicted octanol–water partition coefficient (Wildman–Crippen LogP) is 3.65. The summed E-state index contributed by atoms with van der Waals surface area (Å²) in [7, 11) is 1.61. The molecule has 0 aliphatic rings. The zero-order chi connectivity index (χ0) is 21.8. The van der Waals surface area contributed by atoms with E-state index in [4.69, 9.17) is 4.74 Å². The second kappa shape index (κ2) is 8.66. The van der Waals surface area contributed by atoms with Crippen molar-refractivity contribution >= 4 is 12.1 Å². The first kappa shape index (κ1) is 20.1. The van der Waals surface area contributed by atoms with Crippen molar-refractivity contribution in [2.45, 2.75) is 13.8 Å². The molecule has 156 valence electrons. The normalized spacial score (nSPS) is 11.1. The maximum absolute atomic E-state index is 12.4. The van der Waals surface area contributed by atoms with Gasteiger partial charge in [0.15, 0.2) is 0 Å². The summed E-state index contributed by atoms with van der Waals surface area (Å²) in [5, 5.41) is 15.7. The summed E-state index contributed by atoms with van der Waals surface area (Å²) in [6.07, 6.45) is 1.56. The third-order valence-corrected chi connectivity index (χ3v) is 4.87. The zero-order valence-electron chi connectivity index (χ0n) is 17.5.